The smallest absolute Gasteiger partial charge is 0.472 e. The number of halogens is 2. The zero-order valence-corrected chi connectivity index (χ0v) is 62.9. The summed E-state index contributed by atoms with van der Waals surface area (Å²) in [4.78, 5) is 130. The van der Waals surface area contributed by atoms with Crippen LogP contribution in [0.25, 0.3) is 11.2 Å². The molecule has 5 aromatic rings. The Morgan fingerprint density at radius 3 is 2.20 bits per heavy atom. The zero-order valence-electron chi connectivity index (χ0n) is 57.7. The second-order valence-electron chi connectivity index (χ2n) is 25.6. The van der Waals surface area contributed by atoms with Crippen LogP contribution in [0.3, 0.4) is 0 Å². The predicted molar refractivity (Wildman–Crippen MR) is 372 cm³/mol. The number of ketones is 1. The number of nitrogens with one attached hydrogen (secondary N) is 3. The summed E-state index contributed by atoms with van der Waals surface area (Å²) in [6.45, 7) is 0.314. The quantitative estimate of drug-likeness (QED) is 0.00488. The van der Waals surface area contributed by atoms with E-state index in [1.807, 2.05) is 13.8 Å². The Labute approximate surface area is 641 Å². The topological polar surface area (TPSA) is 399 Å². The monoisotopic (exact) mass is 1700 g/mol. The van der Waals surface area contributed by atoms with Crippen molar-refractivity contribution in [3.8, 4) is 11.5 Å². The fraction of sp³-hybridized carbons (Fsp3) is 0.537. The molecule has 577 valence electrons. The van der Waals surface area contributed by atoms with Crippen LogP contribution in [0, 0.1) is 56.1 Å². The average Bonchev–Trinajstić information content (AvgIpc) is 1.62. The Hall–Kier alpha value is -6.43. The molecule has 11 atom stereocenters. The van der Waals surface area contributed by atoms with Gasteiger partial charge in [0.15, 0.2) is 53.1 Å². The minimum atomic E-state index is -5.26. The fourth-order valence-corrected chi connectivity index (χ4v) is 17.1. The molecule has 5 aliphatic rings. The van der Waals surface area contributed by atoms with Gasteiger partial charge >= 0.3 is 26.6 Å². The van der Waals surface area contributed by atoms with Gasteiger partial charge in [-0.3, -0.25) is 62.8 Å². The summed E-state index contributed by atoms with van der Waals surface area (Å²) in [6.07, 6.45) is 1.32. The number of aromatic nitrogens is 5. The summed E-state index contributed by atoms with van der Waals surface area (Å²) in [5.74, 6) is -2.99. The molecule has 5 aliphatic heterocycles. The summed E-state index contributed by atoms with van der Waals surface area (Å²) in [7, 11) is -5.26. The van der Waals surface area contributed by atoms with Gasteiger partial charge in [-0.05, 0) is 104 Å². The number of imide groups is 1. The minimum Gasteiger partial charge on any atom is -0.494 e. The molecule has 8 heterocycles. The molecular formula is C67H84F2N11O20P2S2Tm-. The minimum absolute atomic E-state index is 0. The summed E-state index contributed by atoms with van der Waals surface area (Å²) in [5.41, 5.74) is 7.46. The molecule has 2 unspecified atom stereocenters. The number of nitrogen functional groups attached to an aromatic ring is 1. The first kappa shape index (κ1) is 82.6. The maximum atomic E-state index is 16.7. The normalized spacial score (nSPS) is 24.3. The molecule has 0 saturated carbocycles. The van der Waals surface area contributed by atoms with Gasteiger partial charge in [0.25, 0.3) is 0 Å². The SMILES string of the molecule is Cc1nc(NC(=O)CNC(=O)[C@@H](NCCCCCN2C(=O)[CH-]CC2=O)C(C)C)sc1COC(=O)CCCCCCCCCCCOc1ccc(C(=O)Oc2ccc(CSP3(=O)OC[C@H]4O[C@@H](n5cnc6c(N)ncnc65)[C@H](F)[C@@H]4OP(=O)(O)OC[C@H]4O[C@@H](N5C=CC(=O)CC5=O)[C@H](F)[C@@H]4O3)cc2)cc1.[Tm]. The number of phosphoric acid groups is 1. The molecule has 6 N–H and O–H groups in total. The van der Waals surface area contributed by atoms with Gasteiger partial charge in [0.05, 0.1) is 67.2 Å². The van der Waals surface area contributed by atoms with Gasteiger partial charge in [-0.2, -0.15) is 0 Å². The number of aryl methyl sites for hydroxylation is 1. The summed E-state index contributed by atoms with van der Waals surface area (Å²) < 4.78 is 114. The number of esters is 2. The van der Waals surface area contributed by atoms with Crippen LogP contribution in [-0.2, 0) is 87.4 Å². The number of carbonyl (C=O) groups excluding carboxylic acids is 8. The number of hydrogen-bond donors (Lipinski definition) is 5. The number of hydrogen-bond acceptors (Lipinski definition) is 27. The standard InChI is InChI=1S/C67H84F2N11O20P2S2.Tm/c1-40(2)57(71-28-13-11-14-29-78-51(83)25-26-52(78)84)63(87)72-33-50(82)77-67-76-41(3)49(104-67)36-93-54(86)16-12-9-7-5-4-6-8-10-15-31-92-45-23-19-43(20-24-45)66(88)96-46-21-17-42(18-22-46)37-103-102(91)95-35-48-59(55(68)65(98-48)80-39-75-58-61(70)73-38-74-62(58)80)99-101(89,90)94-34-47-60(100-102)56(69)64(97-47)79-30-27-44(81)32-53(79)85;/h17-25,27,30,38-40,47-48,55-57,59-60,64-65,71H,4-16,26,28-29,31-37H2,1-3H3,(H,72,87)(H,89,90)(H2,70,73,74)(H,76,77,82);/q-1;/t47-,48-,55-,56-,57+,59-,60-,64-,65-,102?;/m1./s1. The van der Waals surface area contributed by atoms with E-state index in [4.69, 9.17) is 47.5 Å². The van der Waals surface area contributed by atoms with E-state index in [9.17, 15) is 52.4 Å². The van der Waals surface area contributed by atoms with Crippen LogP contribution in [-0.4, -0.2) is 175 Å². The zero-order chi connectivity index (χ0) is 74.1. The summed E-state index contributed by atoms with van der Waals surface area (Å²) in [5, 5.41) is 8.98. The Balaban J connectivity index is 0.0000128. The van der Waals surface area contributed by atoms with Crippen molar-refractivity contribution in [2.45, 2.75) is 185 Å². The molecule has 3 aromatic heterocycles. The van der Waals surface area contributed by atoms with Crippen molar-refractivity contribution in [3.63, 3.8) is 0 Å². The van der Waals surface area contributed by atoms with Crippen molar-refractivity contribution in [1.29, 1.82) is 0 Å². The third-order valence-electron chi connectivity index (χ3n) is 17.5. The van der Waals surface area contributed by atoms with Crippen LogP contribution in [0.15, 0.2) is 73.5 Å². The average molecular weight is 1700 g/mol. The fourth-order valence-electron chi connectivity index (χ4n) is 11.9. The molecule has 10 rings (SSSR count). The first-order valence-electron chi connectivity index (χ1n) is 34.3. The van der Waals surface area contributed by atoms with Gasteiger partial charge in [0, 0.05) is 61.8 Å². The molecule has 4 fully saturated rings. The van der Waals surface area contributed by atoms with E-state index in [0.29, 0.717) is 77.4 Å². The number of fused-ring (bicyclic) bond motifs is 3. The molecule has 31 nitrogen and oxygen atoms in total. The number of imidazole rings is 1. The maximum absolute atomic E-state index is 16.7. The number of thiazole rings is 1. The Kier molecular flexibility index (Phi) is 30.8. The molecule has 0 spiro atoms. The molecule has 4 saturated heterocycles. The van der Waals surface area contributed by atoms with Gasteiger partial charge in [0.2, 0.25) is 17.7 Å². The van der Waals surface area contributed by atoms with E-state index in [1.165, 1.54) is 34.8 Å². The predicted octanol–water partition coefficient (Wildman–Crippen LogP) is 8.79. The number of carbonyl (C=O) groups is 8. The second-order valence-corrected chi connectivity index (χ2v) is 32.1. The maximum Gasteiger partial charge on any atom is 0.472 e. The molecule has 1 radical (unpaired) electrons. The number of phosphoric ester groups is 1. The molecule has 2 aromatic carbocycles. The third-order valence-corrected chi connectivity index (χ3v) is 23.2. The number of benzene rings is 2. The van der Waals surface area contributed by atoms with Gasteiger partial charge in [-0.1, -0.05) is 95.1 Å². The number of rotatable bonds is 34. The third kappa shape index (κ3) is 23.1. The molecule has 0 bridgehead atoms. The van der Waals surface area contributed by atoms with Gasteiger partial charge in [-0.15, -0.1) is 0 Å². The van der Waals surface area contributed by atoms with Crippen molar-refractivity contribution in [2.24, 2.45) is 5.92 Å². The van der Waals surface area contributed by atoms with E-state index in [-0.39, 0.29) is 120 Å². The number of allylic oxidation sites excluding steroid dienone is 1. The number of nitrogens with two attached hydrogens (primary N) is 1. The van der Waals surface area contributed by atoms with Crippen LogP contribution in [0.1, 0.15) is 143 Å². The van der Waals surface area contributed by atoms with Crippen molar-refractivity contribution < 1.29 is 140 Å². The van der Waals surface area contributed by atoms with E-state index in [0.717, 1.165) is 98.6 Å². The molecule has 5 amide bonds. The number of alkyl halides is 2. The molecule has 105 heavy (non-hydrogen) atoms. The Morgan fingerprint density at radius 2 is 1.50 bits per heavy atom. The number of ether oxygens (including phenoxy) is 5. The van der Waals surface area contributed by atoms with Crippen molar-refractivity contribution >= 4 is 107 Å². The largest absolute Gasteiger partial charge is 0.494 e. The second kappa shape index (κ2) is 39.1. The van der Waals surface area contributed by atoms with E-state index in [2.05, 4.69) is 35.9 Å². The molecule has 0 aliphatic carbocycles. The Bertz CT molecular complexity index is 3980. The number of unbranched alkanes of at least 4 members (excludes halogenated alkanes) is 10. The first-order chi connectivity index (χ1) is 49.9. The first-order valence-corrected chi connectivity index (χ1v) is 39.8. The number of amides is 5. The van der Waals surface area contributed by atoms with Crippen molar-refractivity contribution in [3.05, 3.63) is 102 Å². The van der Waals surface area contributed by atoms with Crippen molar-refractivity contribution in [1.82, 2.24) is 44.9 Å². The number of likely N-dealkylation sites (tertiary alicyclic amines) is 1. The summed E-state index contributed by atoms with van der Waals surface area (Å²) in [6, 6.07) is 12.1. The number of anilines is 2. The van der Waals surface area contributed by atoms with E-state index >= 15 is 8.78 Å². The van der Waals surface area contributed by atoms with Gasteiger partial charge in [0.1, 0.15) is 54.4 Å². The van der Waals surface area contributed by atoms with E-state index in [1.54, 1.807) is 43.3 Å². The van der Waals surface area contributed by atoms with Crippen LogP contribution < -0.4 is 31.2 Å². The van der Waals surface area contributed by atoms with Gasteiger partial charge in [-0.25, -0.2) is 42.6 Å². The van der Waals surface area contributed by atoms with Crippen LogP contribution in [0.5, 0.6) is 11.5 Å². The summed E-state index contributed by atoms with van der Waals surface area (Å²) >= 11 is 1.79. The van der Waals surface area contributed by atoms with Crippen molar-refractivity contribution in [2.75, 3.05) is 50.5 Å². The molecular weight excluding hydrogens is 1610 g/mol. The molecule has 38 heteroatoms. The Morgan fingerprint density at radius 1 is 0.829 bits per heavy atom. The number of nitrogens with zero attached hydrogens (tertiary/aromatic N) is 7. The van der Waals surface area contributed by atoms with Crippen LogP contribution >= 0.6 is 37.3 Å². The van der Waals surface area contributed by atoms with Crippen LogP contribution in [0.2, 0.25) is 0 Å². The van der Waals surface area contributed by atoms with Crippen LogP contribution in [0.4, 0.5) is 19.7 Å². The van der Waals surface area contributed by atoms with Gasteiger partial charge < -0.3 is 60.0 Å². The van der Waals surface area contributed by atoms with E-state index < -0.39 is 113 Å².